The molecule has 0 aliphatic heterocycles. The number of halogens is 2. The molecule has 0 radical (unpaired) electrons. The van der Waals surface area contributed by atoms with Crippen molar-refractivity contribution in [2.45, 2.75) is 6.92 Å². The van der Waals surface area contributed by atoms with Gasteiger partial charge in [-0.2, -0.15) is 4.98 Å². The van der Waals surface area contributed by atoms with Crippen LogP contribution in [0.25, 0.3) is 11.5 Å². The van der Waals surface area contributed by atoms with Gasteiger partial charge in [-0.05, 0) is 24.2 Å². The van der Waals surface area contributed by atoms with Crippen LogP contribution < -0.4 is 0 Å². The van der Waals surface area contributed by atoms with Crippen molar-refractivity contribution in [1.29, 1.82) is 0 Å². The highest BCUT2D eigenvalue weighted by molar-refractivity contribution is 5.85. The van der Waals surface area contributed by atoms with E-state index in [1.165, 1.54) is 6.07 Å². The molecule has 0 atom stereocenters. The van der Waals surface area contributed by atoms with Crippen molar-refractivity contribution < 1.29 is 22.8 Å². The number of rotatable bonds is 3. The number of hydrogen-bond acceptors (Lipinski definition) is 5. The molecule has 0 saturated carbocycles. The molecule has 5 nitrogen and oxygen atoms in total. The maximum atomic E-state index is 13.4. The zero-order valence-electron chi connectivity index (χ0n) is 9.31. The minimum atomic E-state index is -0.853. The molecule has 94 valence electrons. The Kier molecular flexibility index (Phi) is 3.31. The smallest absolute Gasteiger partial charge is 0.379 e. The number of ether oxygens (including phenoxy) is 1. The van der Waals surface area contributed by atoms with E-state index in [4.69, 9.17) is 0 Å². The summed E-state index contributed by atoms with van der Waals surface area (Å²) in [5, 5.41) is 3.30. The van der Waals surface area contributed by atoms with Crippen LogP contribution in [0.3, 0.4) is 0 Å². The first kappa shape index (κ1) is 12.2. The van der Waals surface area contributed by atoms with Crippen molar-refractivity contribution in [3.63, 3.8) is 0 Å². The van der Waals surface area contributed by atoms with Crippen LogP contribution in [0.15, 0.2) is 22.7 Å². The van der Waals surface area contributed by atoms with Gasteiger partial charge >= 0.3 is 5.97 Å². The lowest BCUT2D eigenvalue weighted by Gasteiger charge is -1.97. The van der Waals surface area contributed by atoms with Gasteiger partial charge in [-0.1, -0.05) is 6.07 Å². The molecule has 0 N–H and O–H groups in total. The topological polar surface area (TPSA) is 65.2 Å². The van der Waals surface area contributed by atoms with E-state index in [9.17, 15) is 13.6 Å². The molecule has 1 aromatic carbocycles. The van der Waals surface area contributed by atoms with Crippen molar-refractivity contribution >= 4 is 5.97 Å². The third-order valence-corrected chi connectivity index (χ3v) is 2.06. The van der Waals surface area contributed by atoms with Crippen LogP contribution in [0, 0.1) is 11.6 Å². The Labute approximate surface area is 100 Å². The Morgan fingerprint density at radius 2 is 2.06 bits per heavy atom. The quantitative estimate of drug-likeness (QED) is 0.785. The number of carbonyl (C=O) groups is 1. The van der Waals surface area contributed by atoms with Gasteiger partial charge in [-0.15, -0.1) is 0 Å². The fraction of sp³-hybridized carbons (Fsp3) is 0.182. The van der Waals surface area contributed by atoms with Crippen LogP contribution in [0.2, 0.25) is 0 Å². The molecule has 0 unspecified atom stereocenters. The first-order valence-electron chi connectivity index (χ1n) is 5.08. The summed E-state index contributed by atoms with van der Waals surface area (Å²) in [5.74, 6) is -3.31. The summed E-state index contributed by atoms with van der Waals surface area (Å²) in [6, 6.07) is 3.30. The summed E-state index contributed by atoms with van der Waals surface area (Å²) in [6.07, 6.45) is 0. The Morgan fingerprint density at radius 1 is 1.39 bits per heavy atom. The number of hydrogen-bond donors (Lipinski definition) is 0. The molecule has 0 bridgehead atoms. The molecule has 2 aromatic rings. The minimum absolute atomic E-state index is 0.136. The summed E-state index contributed by atoms with van der Waals surface area (Å²) in [6.45, 7) is 1.74. The van der Waals surface area contributed by atoms with Gasteiger partial charge < -0.3 is 9.26 Å². The molecule has 1 aromatic heterocycles. The first-order chi connectivity index (χ1) is 8.63. The Hall–Kier alpha value is -2.31. The van der Waals surface area contributed by atoms with Crippen LogP contribution in [-0.4, -0.2) is 22.7 Å². The monoisotopic (exact) mass is 254 g/mol. The number of nitrogens with zero attached hydrogens (tertiary/aromatic N) is 2. The van der Waals surface area contributed by atoms with E-state index < -0.39 is 29.1 Å². The van der Waals surface area contributed by atoms with Crippen molar-refractivity contribution in [2.75, 3.05) is 6.61 Å². The lowest BCUT2D eigenvalue weighted by atomic mass is 10.2. The van der Waals surface area contributed by atoms with E-state index in [1.807, 2.05) is 0 Å². The lowest BCUT2D eigenvalue weighted by molar-refractivity contribution is 0.0508. The first-order valence-corrected chi connectivity index (χ1v) is 5.08. The molecule has 0 fully saturated rings. The Balaban J connectivity index is 2.38. The average molecular weight is 254 g/mol. The van der Waals surface area contributed by atoms with Gasteiger partial charge in [0.1, 0.15) is 17.2 Å². The van der Waals surface area contributed by atoms with Gasteiger partial charge in [-0.25, -0.2) is 13.6 Å². The molecule has 18 heavy (non-hydrogen) atoms. The number of benzene rings is 1. The predicted octanol–water partition coefficient (Wildman–Crippen LogP) is 2.19. The lowest BCUT2D eigenvalue weighted by Crippen LogP contribution is -2.06. The fourth-order valence-corrected chi connectivity index (χ4v) is 1.31. The highest BCUT2D eigenvalue weighted by Crippen LogP contribution is 2.24. The summed E-state index contributed by atoms with van der Waals surface area (Å²) >= 11 is 0. The molecular formula is C11H8F2N2O3. The maximum absolute atomic E-state index is 13.4. The summed E-state index contributed by atoms with van der Waals surface area (Å²) in [4.78, 5) is 14.9. The molecular weight excluding hydrogens is 246 g/mol. The normalized spacial score (nSPS) is 10.4. The number of carbonyl (C=O) groups excluding carboxylic acids is 1. The molecule has 2 rings (SSSR count). The van der Waals surface area contributed by atoms with Crippen LogP contribution >= 0.6 is 0 Å². The fourth-order valence-electron chi connectivity index (χ4n) is 1.31. The van der Waals surface area contributed by atoms with Gasteiger partial charge in [0.2, 0.25) is 0 Å². The maximum Gasteiger partial charge on any atom is 0.379 e. The molecule has 7 heteroatoms. The summed E-state index contributed by atoms with van der Waals surface area (Å²) in [5.41, 5.74) is -0.472. The largest absolute Gasteiger partial charge is 0.460 e. The zero-order valence-corrected chi connectivity index (χ0v) is 9.31. The Bertz CT molecular complexity index is 563. The van der Waals surface area contributed by atoms with E-state index in [1.54, 1.807) is 6.92 Å². The van der Waals surface area contributed by atoms with Crippen molar-refractivity contribution in [3.8, 4) is 11.5 Å². The number of esters is 1. The average Bonchev–Trinajstić information content (AvgIpc) is 2.78. The Morgan fingerprint density at radius 3 is 2.67 bits per heavy atom. The van der Waals surface area contributed by atoms with E-state index >= 15 is 0 Å². The van der Waals surface area contributed by atoms with Gasteiger partial charge in [0.25, 0.3) is 11.7 Å². The molecule has 0 spiro atoms. The van der Waals surface area contributed by atoms with Crippen LogP contribution in [0.4, 0.5) is 8.78 Å². The van der Waals surface area contributed by atoms with Gasteiger partial charge in [-0.3, -0.25) is 0 Å². The zero-order chi connectivity index (χ0) is 13.1. The second kappa shape index (κ2) is 4.91. The van der Waals surface area contributed by atoms with Crippen LogP contribution in [0.1, 0.15) is 17.5 Å². The van der Waals surface area contributed by atoms with E-state index in [0.717, 1.165) is 12.1 Å². The summed E-state index contributed by atoms with van der Waals surface area (Å²) in [7, 11) is 0. The third-order valence-electron chi connectivity index (χ3n) is 2.06. The molecule has 0 aliphatic rings. The molecule has 0 aliphatic carbocycles. The second-order valence-corrected chi connectivity index (χ2v) is 3.24. The highest BCUT2D eigenvalue weighted by Gasteiger charge is 2.21. The van der Waals surface area contributed by atoms with E-state index in [0.29, 0.717) is 0 Å². The molecule has 0 amide bonds. The van der Waals surface area contributed by atoms with Crippen molar-refractivity contribution in [3.05, 3.63) is 35.7 Å². The van der Waals surface area contributed by atoms with Crippen LogP contribution in [-0.2, 0) is 4.74 Å². The van der Waals surface area contributed by atoms with Crippen LogP contribution in [0.5, 0.6) is 0 Å². The summed E-state index contributed by atoms with van der Waals surface area (Å²) < 4.78 is 36.1. The van der Waals surface area contributed by atoms with Gasteiger partial charge in [0.15, 0.2) is 0 Å². The van der Waals surface area contributed by atoms with E-state index in [2.05, 4.69) is 19.4 Å². The van der Waals surface area contributed by atoms with Crippen molar-refractivity contribution in [2.24, 2.45) is 0 Å². The second-order valence-electron chi connectivity index (χ2n) is 3.24. The molecule has 1 heterocycles. The predicted molar refractivity (Wildman–Crippen MR) is 55.6 cm³/mol. The van der Waals surface area contributed by atoms with Gasteiger partial charge in [0.05, 0.1) is 6.61 Å². The standard InChI is InChI=1S/C11H8F2N2O3/c1-2-17-11(16)9-14-10(18-15-9)8-6(12)4-3-5-7(8)13/h3-5H,2H2,1H3. The van der Waals surface area contributed by atoms with E-state index in [-0.39, 0.29) is 12.4 Å². The highest BCUT2D eigenvalue weighted by atomic mass is 19.1. The molecule has 0 saturated heterocycles. The van der Waals surface area contributed by atoms with Gasteiger partial charge in [0, 0.05) is 0 Å². The third kappa shape index (κ3) is 2.20. The minimum Gasteiger partial charge on any atom is -0.460 e. The van der Waals surface area contributed by atoms with Crippen molar-refractivity contribution in [1.82, 2.24) is 10.1 Å². The SMILES string of the molecule is CCOC(=O)c1noc(-c2c(F)cccc2F)n1. The number of aromatic nitrogens is 2.